The lowest BCUT2D eigenvalue weighted by atomic mass is 10.2. The van der Waals surface area contributed by atoms with Crippen molar-refractivity contribution in [3.8, 4) is 11.4 Å². The smallest absolute Gasteiger partial charge is 0.275 e. The van der Waals surface area contributed by atoms with Crippen LogP contribution in [0.4, 0.5) is 0 Å². The molecule has 2 aromatic rings. The van der Waals surface area contributed by atoms with Gasteiger partial charge in [-0.25, -0.2) is 0 Å². The summed E-state index contributed by atoms with van der Waals surface area (Å²) >= 11 is 6.08. The fourth-order valence-corrected chi connectivity index (χ4v) is 2.07. The average molecular weight is 308 g/mol. The largest absolute Gasteiger partial charge is 0.506 e. The summed E-state index contributed by atoms with van der Waals surface area (Å²) in [5, 5.41) is 17.8. The standard InChI is InChI=1S/C15H18ClN3O2/c1-3-6-17-9-13-14(20)8-15(21)19(18-13)11-5-4-10(2)12(16)7-11/h4-5,7-8,17,20H,3,6,9H2,1-2H3. The zero-order chi connectivity index (χ0) is 15.4. The molecule has 0 saturated heterocycles. The predicted molar refractivity (Wildman–Crippen MR) is 83.2 cm³/mol. The van der Waals surface area contributed by atoms with E-state index in [0.717, 1.165) is 18.5 Å². The summed E-state index contributed by atoms with van der Waals surface area (Å²) in [6, 6.07) is 6.46. The van der Waals surface area contributed by atoms with E-state index in [1.807, 2.05) is 13.0 Å². The van der Waals surface area contributed by atoms with Gasteiger partial charge in [-0.15, -0.1) is 0 Å². The number of aromatic nitrogens is 2. The Labute approximate surface area is 128 Å². The van der Waals surface area contributed by atoms with E-state index in [1.54, 1.807) is 12.1 Å². The van der Waals surface area contributed by atoms with Crippen molar-refractivity contribution >= 4 is 11.6 Å². The van der Waals surface area contributed by atoms with E-state index in [2.05, 4.69) is 17.3 Å². The summed E-state index contributed by atoms with van der Waals surface area (Å²) in [4.78, 5) is 12.0. The van der Waals surface area contributed by atoms with Crippen molar-refractivity contribution in [2.45, 2.75) is 26.8 Å². The number of nitrogens with zero attached hydrogens (tertiary/aromatic N) is 2. The van der Waals surface area contributed by atoms with Gasteiger partial charge in [-0.1, -0.05) is 24.6 Å². The highest BCUT2D eigenvalue weighted by Gasteiger charge is 2.10. The maximum absolute atomic E-state index is 12.0. The topological polar surface area (TPSA) is 67.2 Å². The molecular weight excluding hydrogens is 290 g/mol. The Kier molecular flexibility index (Phi) is 4.98. The minimum absolute atomic E-state index is 0.0990. The van der Waals surface area contributed by atoms with Gasteiger partial charge in [-0.05, 0) is 37.6 Å². The first-order valence-electron chi connectivity index (χ1n) is 6.82. The van der Waals surface area contributed by atoms with Crippen LogP contribution in [0.5, 0.6) is 5.75 Å². The number of hydrogen-bond acceptors (Lipinski definition) is 4. The number of halogens is 1. The van der Waals surface area contributed by atoms with Gasteiger partial charge in [0.25, 0.3) is 5.56 Å². The first-order chi connectivity index (χ1) is 10.0. The Balaban J connectivity index is 2.40. The van der Waals surface area contributed by atoms with Gasteiger partial charge in [-0.2, -0.15) is 9.78 Å². The van der Waals surface area contributed by atoms with E-state index >= 15 is 0 Å². The molecule has 0 aliphatic rings. The Morgan fingerprint density at radius 1 is 1.38 bits per heavy atom. The van der Waals surface area contributed by atoms with Crippen LogP contribution in [-0.4, -0.2) is 21.4 Å². The van der Waals surface area contributed by atoms with Gasteiger partial charge >= 0.3 is 0 Å². The molecule has 0 unspecified atom stereocenters. The Morgan fingerprint density at radius 2 is 2.14 bits per heavy atom. The van der Waals surface area contributed by atoms with Crippen LogP contribution in [0.1, 0.15) is 24.6 Å². The van der Waals surface area contributed by atoms with Gasteiger partial charge < -0.3 is 10.4 Å². The molecule has 0 saturated carbocycles. The fraction of sp³-hybridized carbons (Fsp3) is 0.333. The van der Waals surface area contributed by atoms with Crippen molar-refractivity contribution in [2.24, 2.45) is 0 Å². The number of aryl methyl sites for hydroxylation is 1. The molecule has 0 atom stereocenters. The molecule has 0 radical (unpaired) electrons. The molecule has 1 heterocycles. The monoisotopic (exact) mass is 307 g/mol. The highest BCUT2D eigenvalue weighted by molar-refractivity contribution is 6.31. The Morgan fingerprint density at radius 3 is 2.81 bits per heavy atom. The van der Waals surface area contributed by atoms with Crippen LogP contribution in [0, 0.1) is 6.92 Å². The minimum Gasteiger partial charge on any atom is -0.506 e. The molecule has 2 rings (SSSR count). The zero-order valence-corrected chi connectivity index (χ0v) is 12.8. The highest BCUT2D eigenvalue weighted by atomic mass is 35.5. The van der Waals surface area contributed by atoms with Gasteiger partial charge in [0.15, 0.2) is 0 Å². The molecule has 0 aliphatic heterocycles. The van der Waals surface area contributed by atoms with Crippen molar-refractivity contribution in [3.05, 3.63) is 50.9 Å². The third kappa shape index (κ3) is 3.62. The molecule has 112 valence electrons. The molecule has 0 bridgehead atoms. The molecule has 2 N–H and O–H groups in total. The van der Waals surface area contributed by atoms with Crippen LogP contribution in [0.15, 0.2) is 29.1 Å². The fourth-order valence-electron chi connectivity index (χ4n) is 1.89. The molecule has 0 fully saturated rings. The lowest BCUT2D eigenvalue weighted by molar-refractivity contribution is 0.451. The lowest BCUT2D eigenvalue weighted by Crippen LogP contribution is -2.24. The summed E-state index contributed by atoms with van der Waals surface area (Å²) in [6.07, 6.45) is 0.980. The second-order valence-electron chi connectivity index (χ2n) is 4.84. The molecule has 21 heavy (non-hydrogen) atoms. The van der Waals surface area contributed by atoms with Gasteiger partial charge in [-0.3, -0.25) is 4.79 Å². The van der Waals surface area contributed by atoms with E-state index in [0.29, 0.717) is 22.9 Å². The van der Waals surface area contributed by atoms with Gasteiger partial charge in [0.2, 0.25) is 0 Å². The second kappa shape index (κ2) is 6.74. The van der Waals surface area contributed by atoms with E-state index in [-0.39, 0.29) is 5.75 Å². The van der Waals surface area contributed by atoms with Crippen molar-refractivity contribution in [1.82, 2.24) is 15.1 Å². The molecule has 0 aliphatic carbocycles. The summed E-state index contributed by atoms with van der Waals surface area (Å²) in [5.41, 5.74) is 1.54. The SMILES string of the molecule is CCCNCc1nn(-c2ccc(C)c(Cl)c2)c(=O)cc1O. The molecule has 1 aromatic heterocycles. The van der Waals surface area contributed by atoms with Crippen LogP contribution in [-0.2, 0) is 6.54 Å². The van der Waals surface area contributed by atoms with E-state index in [1.165, 1.54) is 10.7 Å². The minimum atomic E-state index is -0.397. The highest BCUT2D eigenvalue weighted by Crippen LogP contribution is 2.19. The molecule has 0 spiro atoms. The number of hydrogen-bond donors (Lipinski definition) is 2. The molecular formula is C15H18ClN3O2. The van der Waals surface area contributed by atoms with E-state index in [4.69, 9.17) is 11.6 Å². The van der Waals surface area contributed by atoms with Crippen LogP contribution in [0.3, 0.4) is 0 Å². The predicted octanol–water partition coefficient (Wildman–Crippen LogP) is 2.40. The normalized spacial score (nSPS) is 10.8. The van der Waals surface area contributed by atoms with Crippen LogP contribution in [0.2, 0.25) is 5.02 Å². The summed E-state index contributed by atoms with van der Waals surface area (Å²) < 4.78 is 1.24. The summed E-state index contributed by atoms with van der Waals surface area (Å²) in [5.74, 6) is -0.0990. The number of rotatable bonds is 5. The quantitative estimate of drug-likeness (QED) is 0.832. The van der Waals surface area contributed by atoms with Crippen molar-refractivity contribution in [2.75, 3.05) is 6.54 Å². The first-order valence-corrected chi connectivity index (χ1v) is 7.20. The summed E-state index contributed by atoms with van der Waals surface area (Å²) in [7, 11) is 0. The summed E-state index contributed by atoms with van der Waals surface area (Å²) in [6.45, 7) is 5.16. The van der Waals surface area contributed by atoms with Crippen molar-refractivity contribution < 1.29 is 5.11 Å². The lowest BCUT2D eigenvalue weighted by Gasteiger charge is -2.10. The van der Waals surface area contributed by atoms with E-state index in [9.17, 15) is 9.90 Å². The van der Waals surface area contributed by atoms with Crippen LogP contribution >= 0.6 is 11.6 Å². The Hall–Kier alpha value is -1.85. The second-order valence-corrected chi connectivity index (χ2v) is 5.24. The number of nitrogens with one attached hydrogen (secondary N) is 1. The zero-order valence-electron chi connectivity index (χ0n) is 12.1. The third-order valence-corrected chi connectivity index (χ3v) is 3.51. The molecule has 1 aromatic carbocycles. The maximum Gasteiger partial charge on any atom is 0.275 e. The number of benzene rings is 1. The number of aromatic hydroxyl groups is 1. The average Bonchev–Trinajstić information content (AvgIpc) is 2.44. The Bertz CT molecular complexity index is 698. The molecule has 5 nitrogen and oxygen atoms in total. The molecule has 0 amide bonds. The van der Waals surface area contributed by atoms with Crippen molar-refractivity contribution in [1.29, 1.82) is 0 Å². The third-order valence-electron chi connectivity index (χ3n) is 3.10. The van der Waals surface area contributed by atoms with Crippen LogP contribution in [0.25, 0.3) is 5.69 Å². The first kappa shape index (κ1) is 15.5. The van der Waals surface area contributed by atoms with Crippen LogP contribution < -0.4 is 10.9 Å². The van der Waals surface area contributed by atoms with Gasteiger partial charge in [0, 0.05) is 17.6 Å². The van der Waals surface area contributed by atoms with Crippen molar-refractivity contribution in [3.63, 3.8) is 0 Å². The van der Waals surface area contributed by atoms with Gasteiger partial charge in [0.1, 0.15) is 11.4 Å². The van der Waals surface area contributed by atoms with E-state index < -0.39 is 5.56 Å². The molecule has 6 heteroatoms. The van der Waals surface area contributed by atoms with Gasteiger partial charge in [0.05, 0.1) is 5.69 Å². The maximum atomic E-state index is 12.0.